The van der Waals surface area contributed by atoms with Crippen LogP contribution in [0.5, 0.6) is 0 Å². The van der Waals surface area contributed by atoms with E-state index in [1.807, 2.05) is 11.8 Å². The first-order chi connectivity index (χ1) is 6.34. The summed E-state index contributed by atoms with van der Waals surface area (Å²) >= 11 is 5.33. The molecule has 13 heavy (non-hydrogen) atoms. The Morgan fingerprint density at radius 2 is 2.23 bits per heavy atom. The predicted octanol–water partition coefficient (Wildman–Crippen LogP) is 4.15. The van der Waals surface area contributed by atoms with E-state index in [-0.39, 0.29) is 0 Å². The van der Waals surface area contributed by atoms with Crippen LogP contribution in [0, 0.1) is 0 Å². The number of halogens is 1. The van der Waals surface area contributed by atoms with Gasteiger partial charge in [0.1, 0.15) is 0 Å². The van der Waals surface area contributed by atoms with E-state index in [1.165, 1.54) is 16.0 Å². The van der Waals surface area contributed by atoms with Crippen LogP contribution in [0.3, 0.4) is 0 Å². The molecular formula is C11H7BrS. The highest BCUT2D eigenvalue weighted by Gasteiger charge is 2.25. The van der Waals surface area contributed by atoms with Crippen molar-refractivity contribution in [2.45, 2.75) is 5.92 Å². The topological polar surface area (TPSA) is 0 Å². The summed E-state index contributed by atoms with van der Waals surface area (Å²) in [5.41, 5.74) is 2.81. The zero-order valence-electron chi connectivity index (χ0n) is 6.83. The molecule has 1 aliphatic heterocycles. The van der Waals surface area contributed by atoms with Gasteiger partial charge in [-0.2, -0.15) is 0 Å². The van der Waals surface area contributed by atoms with Crippen LogP contribution in [0.2, 0.25) is 0 Å². The molecule has 1 aromatic carbocycles. The molecule has 0 saturated carbocycles. The molecular weight excluding hydrogens is 244 g/mol. The van der Waals surface area contributed by atoms with Crippen molar-refractivity contribution in [2.75, 3.05) is 0 Å². The van der Waals surface area contributed by atoms with Crippen molar-refractivity contribution in [3.63, 3.8) is 0 Å². The molecule has 0 amide bonds. The molecule has 0 aromatic heterocycles. The van der Waals surface area contributed by atoms with Crippen LogP contribution < -0.4 is 0 Å². The Balaban J connectivity index is 2.20. The first kappa shape index (κ1) is 7.89. The standard InChI is InChI=1S/C11H7BrS/c12-8-1-2-9-7(5-8)6-11-10(9)3-4-13-11/h1-6,10H. The summed E-state index contributed by atoms with van der Waals surface area (Å²) in [6.07, 6.45) is 4.56. The molecule has 0 fully saturated rings. The van der Waals surface area contributed by atoms with Crippen LogP contribution >= 0.6 is 27.7 Å². The van der Waals surface area contributed by atoms with Gasteiger partial charge in [-0.15, -0.1) is 11.8 Å². The van der Waals surface area contributed by atoms with E-state index >= 15 is 0 Å². The van der Waals surface area contributed by atoms with Gasteiger partial charge in [-0.25, -0.2) is 0 Å². The van der Waals surface area contributed by atoms with E-state index in [4.69, 9.17) is 0 Å². The number of benzene rings is 1. The normalized spacial score (nSPS) is 22.8. The Kier molecular flexibility index (Phi) is 1.67. The van der Waals surface area contributed by atoms with Crippen molar-refractivity contribution >= 4 is 33.8 Å². The molecule has 1 aliphatic carbocycles. The van der Waals surface area contributed by atoms with Gasteiger partial charge in [-0.1, -0.05) is 28.1 Å². The van der Waals surface area contributed by atoms with Gasteiger partial charge in [0.05, 0.1) is 0 Å². The second kappa shape index (κ2) is 2.76. The van der Waals surface area contributed by atoms with E-state index in [0.717, 1.165) is 4.47 Å². The molecule has 0 spiro atoms. The van der Waals surface area contributed by atoms with Crippen molar-refractivity contribution in [1.82, 2.24) is 0 Å². The fraction of sp³-hybridized carbons (Fsp3) is 0.0909. The lowest BCUT2D eigenvalue weighted by molar-refractivity contribution is 1.11. The van der Waals surface area contributed by atoms with Crippen LogP contribution in [0.4, 0.5) is 0 Å². The summed E-state index contributed by atoms with van der Waals surface area (Å²) in [7, 11) is 0. The van der Waals surface area contributed by atoms with Gasteiger partial charge in [0.2, 0.25) is 0 Å². The van der Waals surface area contributed by atoms with Crippen LogP contribution in [-0.2, 0) is 0 Å². The minimum Gasteiger partial charge on any atom is -0.102 e. The van der Waals surface area contributed by atoms with Gasteiger partial charge in [-0.05, 0) is 34.7 Å². The maximum absolute atomic E-state index is 3.49. The van der Waals surface area contributed by atoms with E-state index < -0.39 is 0 Å². The third-order valence-corrected chi connectivity index (χ3v) is 3.89. The van der Waals surface area contributed by atoms with Gasteiger partial charge in [-0.3, -0.25) is 0 Å². The Labute approximate surface area is 89.9 Å². The molecule has 1 heterocycles. The van der Waals surface area contributed by atoms with Crippen molar-refractivity contribution < 1.29 is 0 Å². The first-order valence-electron chi connectivity index (χ1n) is 4.19. The predicted molar refractivity (Wildman–Crippen MR) is 61.6 cm³/mol. The third-order valence-electron chi connectivity index (χ3n) is 2.46. The molecule has 0 radical (unpaired) electrons. The smallest absolute Gasteiger partial charge is 0.0347 e. The van der Waals surface area contributed by atoms with E-state index in [2.05, 4.69) is 51.7 Å². The molecule has 64 valence electrons. The second-order valence-electron chi connectivity index (χ2n) is 3.24. The van der Waals surface area contributed by atoms with Gasteiger partial charge >= 0.3 is 0 Å². The SMILES string of the molecule is Brc1ccc2c(c1)C=C1SC=CC12. The van der Waals surface area contributed by atoms with Gasteiger partial charge in [0.15, 0.2) is 0 Å². The summed E-state index contributed by atoms with van der Waals surface area (Å²) in [5.74, 6) is 0.549. The lowest BCUT2D eigenvalue weighted by atomic mass is 10.0. The molecule has 2 aliphatic rings. The number of rotatable bonds is 0. The molecule has 0 N–H and O–H groups in total. The summed E-state index contributed by atoms with van der Waals surface area (Å²) in [4.78, 5) is 1.47. The van der Waals surface area contributed by atoms with Gasteiger partial charge in [0, 0.05) is 15.3 Å². The maximum Gasteiger partial charge on any atom is 0.0347 e. The lowest BCUT2D eigenvalue weighted by Crippen LogP contribution is -1.88. The Morgan fingerprint density at radius 3 is 3.15 bits per heavy atom. The molecule has 1 atom stereocenters. The minimum atomic E-state index is 0.549. The highest BCUT2D eigenvalue weighted by molar-refractivity contribution is 9.10. The Hall–Kier alpha value is -0.470. The third kappa shape index (κ3) is 1.12. The van der Waals surface area contributed by atoms with Gasteiger partial charge < -0.3 is 0 Å². The maximum atomic E-state index is 3.49. The fourth-order valence-corrected chi connectivity index (χ4v) is 3.17. The highest BCUT2D eigenvalue weighted by Crippen LogP contribution is 2.48. The number of hydrogen-bond acceptors (Lipinski definition) is 1. The van der Waals surface area contributed by atoms with Crippen LogP contribution in [0.15, 0.2) is 39.1 Å². The molecule has 2 heteroatoms. The fourth-order valence-electron chi connectivity index (χ4n) is 1.85. The molecule has 0 nitrogen and oxygen atoms in total. The number of fused-ring (bicyclic) bond motifs is 3. The minimum absolute atomic E-state index is 0.549. The van der Waals surface area contributed by atoms with E-state index in [0.29, 0.717) is 5.92 Å². The molecule has 0 saturated heterocycles. The highest BCUT2D eigenvalue weighted by atomic mass is 79.9. The number of thioether (sulfide) groups is 1. The van der Waals surface area contributed by atoms with Crippen molar-refractivity contribution in [3.05, 3.63) is 50.2 Å². The summed E-state index contributed by atoms with van der Waals surface area (Å²) in [5, 5.41) is 2.18. The summed E-state index contributed by atoms with van der Waals surface area (Å²) in [6.45, 7) is 0. The van der Waals surface area contributed by atoms with Crippen molar-refractivity contribution in [3.8, 4) is 0 Å². The van der Waals surface area contributed by atoms with Crippen molar-refractivity contribution in [1.29, 1.82) is 0 Å². The second-order valence-corrected chi connectivity index (χ2v) is 5.14. The van der Waals surface area contributed by atoms with Crippen LogP contribution in [0.25, 0.3) is 6.08 Å². The Morgan fingerprint density at radius 1 is 1.31 bits per heavy atom. The summed E-state index contributed by atoms with van der Waals surface area (Å²) < 4.78 is 1.16. The van der Waals surface area contributed by atoms with E-state index in [1.54, 1.807) is 0 Å². The zero-order chi connectivity index (χ0) is 8.84. The van der Waals surface area contributed by atoms with Crippen molar-refractivity contribution in [2.24, 2.45) is 0 Å². The summed E-state index contributed by atoms with van der Waals surface area (Å²) in [6, 6.07) is 6.52. The number of allylic oxidation sites excluding steroid dienone is 2. The quantitative estimate of drug-likeness (QED) is 0.667. The average Bonchev–Trinajstić information content (AvgIpc) is 2.62. The van der Waals surface area contributed by atoms with Gasteiger partial charge in [0.25, 0.3) is 0 Å². The van der Waals surface area contributed by atoms with Crippen LogP contribution in [-0.4, -0.2) is 0 Å². The van der Waals surface area contributed by atoms with E-state index in [9.17, 15) is 0 Å². The Bertz CT molecular complexity index is 432. The largest absolute Gasteiger partial charge is 0.102 e. The monoisotopic (exact) mass is 250 g/mol. The molecule has 1 unspecified atom stereocenters. The molecule has 0 bridgehead atoms. The molecule has 3 rings (SSSR count). The van der Waals surface area contributed by atoms with Crippen LogP contribution in [0.1, 0.15) is 17.0 Å². The lowest BCUT2D eigenvalue weighted by Gasteiger charge is -2.05. The average molecular weight is 251 g/mol. The first-order valence-corrected chi connectivity index (χ1v) is 5.86. The number of hydrogen-bond donors (Lipinski definition) is 0. The zero-order valence-corrected chi connectivity index (χ0v) is 9.23. The molecule has 1 aromatic rings.